The molecule has 3 N–H and O–H groups in total. The van der Waals surface area contributed by atoms with Crippen molar-refractivity contribution in [3.63, 3.8) is 0 Å². The summed E-state index contributed by atoms with van der Waals surface area (Å²) < 4.78 is 41.5. The maximum atomic E-state index is 12.1. The molecular weight excluding hydrogens is 273 g/mol. The van der Waals surface area contributed by atoms with E-state index >= 15 is 0 Å². The van der Waals surface area contributed by atoms with Crippen LogP contribution in [0.25, 0.3) is 0 Å². The van der Waals surface area contributed by atoms with Gasteiger partial charge in [0.2, 0.25) is 5.91 Å². The molecule has 0 bridgehead atoms. The van der Waals surface area contributed by atoms with Crippen LogP contribution in [-0.2, 0) is 9.53 Å². The molecule has 0 aromatic heterocycles. The van der Waals surface area contributed by atoms with E-state index in [1.165, 1.54) is 0 Å². The molecule has 0 heterocycles. The molecule has 1 amide bonds. The molecule has 2 unspecified atom stereocenters. The molecule has 1 fully saturated rings. The first kappa shape index (κ1) is 17.2. The standard InChI is InChI=1S/C13H23F3N2O2/c1-4-20-9-8-12(17,11(9,2)3)10(19)18-7-5-6-13(14,15)16/h9H,4-8,17H2,1-3H3,(H,18,19). The van der Waals surface area contributed by atoms with Crippen molar-refractivity contribution in [2.45, 2.75) is 57.9 Å². The summed E-state index contributed by atoms with van der Waals surface area (Å²) in [6.07, 6.45) is -4.95. The van der Waals surface area contributed by atoms with Crippen LogP contribution in [0.5, 0.6) is 0 Å². The van der Waals surface area contributed by atoms with Gasteiger partial charge in [-0.25, -0.2) is 0 Å². The summed E-state index contributed by atoms with van der Waals surface area (Å²) in [5.41, 5.74) is 4.49. The highest BCUT2D eigenvalue weighted by molar-refractivity contribution is 5.88. The topological polar surface area (TPSA) is 64.3 Å². The zero-order chi connectivity index (χ0) is 15.6. The first-order valence-corrected chi connectivity index (χ1v) is 6.80. The smallest absolute Gasteiger partial charge is 0.378 e. The fourth-order valence-corrected chi connectivity index (χ4v) is 2.47. The van der Waals surface area contributed by atoms with Gasteiger partial charge in [0.05, 0.1) is 6.10 Å². The van der Waals surface area contributed by atoms with Crippen molar-refractivity contribution in [1.82, 2.24) is 5.32 Å². The molecule has 1 rings (SSSR count). The Morgan fingerprint density at radius 3 is 2.50 bits per heavy atom. The lowest BCUT2D eigenvalue weighted by Gasteiger charge is -2.57. The van der Waals surface area contributed by atoms with E-state index in [0.717, 1.165) is 0 Å². The van der Waals surface area contributed by atoms with Gasteiger partial charge in [-0.15, -0.1) is 0 Å². The summed E-state index contributed by atoms with van der Waals surface area (Å²) in [6, 6.07) is 0. The number of rotatable bonds is 6. The zero-order valence-corrected chi connectivity index (χ0v) is 12.1. The molecule has 0 radical (unpaired) electrons. The molecule has 0 aromatic carbocycles. The van der Waals surface area contributed by atoms with E-state index in [1.54, 1.807) is 0 Å². The quantitative estimate of drug-likeness (QED) is 0.737. The number of carbonyl (C=O) groups excluding carboxylic acids is 1. The van der Waals surface area contributed by atoms with Crippen LogP contribution in [0.3, 0.4) is 0 Å². The van der Waals surface area contributed by atoms with Crippen molar-refractivity contribution in [1.29, 1.82) is 0 Å². The van der Waals surface area contributed by atoms with Gasteiger partial charge in [-0.2, -0.15) is 13.2 Å². The fraction of sp³-hybridized carbons (Fsp3) is 0.923. The van der Waals surface area contributed by atoms with Gasteiger partial charge in [-0.05, 0) is 13.3 Å². The normalized spacial score (nSPS) is 28.9. The highest BCUT2D eigenvalue weighted by Crippen LogP contribution is 2.49. The third-order valence-corrected chi connectivity index (χ3v) is 4.16. The number of ether oxygens (including phenoxy) is 1. The lowest BCUT2D eigenvalue weighted by atomic mass is 9.54. The number of hydrogen-bond acceptors (Lipinski definition) is 3. The Labute approximate surface area is 117 Å². The lowest BCUT2D eigenvalue weighted by Crippen LogP contribution is -2.75. The maximum absolute atomic E-state index is 12.1. The summed E-state index contributed by atoms with van der Waals surface area (Å²) in [5.74, 6) is -0.402. The van der Waals surface area contributed by atoms with Crippen molar-refractivity contribution in [2.24, 2.45) is 11.1 Å². The summed E-state index contributed by atoms with van der Waals surface area (Å²) >= 11 is 0. The van der Waals surface area contributed by atoms with Crippen LogP contribution in [0.1, 0.15) is 40.0 Å². The second kappa shape index (κ2) is 5.89. The molecule has 0 aromatic rings. The SMILES string of the molecule is CCOC1CC(N)(C(=O)NCCCC(F)(F)F)C1(C)C. The van der Waals surface area contributed by atoms with E-state index in [4.69, 9.17) is 10.5 Å². The lowest BCUT2D eigenvalue weighted by molar-refractivity contribution is -0.170. The Hall–Kier alpha value is -0.820. The Bertz CT molecular complexity index is 358. The van der Waals surface area contributed by atoms with Crippen molar-refractivity contribution < 1.29 is 22.7 Å². The summed E-state index contributed by atoms with van der Waals surface area (Å²) in [5, 5.41) is 2.50. The Balaban J connectivity index is 2.44. The average molecular weight is 296 g/mol. The van der Waals surface area contributed by atoms with Crippen LogP contribution in [0.4, 0.5) is 13.2 Å². The second-order valence-corrected chi connectivity index (χ2v) is 5.82. The van der Waals surface area contributed by atoms with Gasteiger partial charge in [-0.1, -0.05) is 13.8 Å². The van der Waals surface area contributed by atoms with Crippen molar-refractivity contribution in [3.05, 3.63) is 0 Å². The fourth-order valence-electron chi connectivity index (χ4n) is 2.47. The van der Waals surface area contributed by atoms with E-state index in [0.29, 0.717) is 13.0 Å². The van der Waals surface area contributed by atoms with Crippen LogP contribution in [-0.4, -0.2) is 36.9 Å². The number of amides is 1. The third kappa shape index (κ3) is 3.44. The highest BCUT2D eigenvalue weighted by atomic mass is 19.4. The van der Waals surface area contributed by atoms with Crippen molar-refractivity contribution >= 4 is 5.91 Å². The molecular formula is C13H23F3N2O2. The number of halogens is 3. The van der Waals surface area contributed by atoms with Gasteiger partial charge >= 0.3 is 6.18 Å². The van der Waals surface area contributed by atoms with E-state index in [-0.39, 0.29) is 19.1 Å². The van der Waals surface area contributed by atoms with Gasteiger partial charge in [0.1, 0.15) is 5.54 Å². The summed E-state index contributed by atoms with van der Waals surface area (Å²) in [7, 11) is 0. The first-order valence-electron chi connectivity index (χ1n) is 6.80. The number of nitrogens with two attached hydrogens (primary N) is 1. The Morgan fingerprint density at radius 1 is 1.45 bits per heavy atom. The predicted molar refractivity (Wildman–Crippen MR) is 69.0 cm³/mol. The van der Waals surface area contributed by atoms with Gasteiger partial charge in [0, 0.05) is 31.4 Å². The molecule has 118 valence electrons. The maximum Gasteiger partial charge on any atom is 0.389 e. The van der Waals surface area contributed by atoms with E-state index < -0.39 is 29.5 Å². The van der Waals surface area contributed by atoms with E-state index in [1.807, 2.05) is 20.8 Å². The molecule has 1 aliphatic rings. The van der Waals surface area contributed by atoms with Crippen LogP contribution < -0.4 is 11.1 Å². The minimum atomic E-state index is -4.19. The molecule has 1 aliphatic carbocycles. The zero-order valence-electron chi connectivity index (χ0n) is 12.1. The number of hydrogen-bond donors (Lipinski definition) is 2. The molecule has 0 spiro atoms. The first-order chi connectivity index (χ1) is 9.04. The molecule has 4 nitrogen and oxygen atoms in total. The average Bonchev–Trinajstić information content (AvgIpc) is 2.32. The molecule has 2 atom stereocenters. The molecule has 0 aliphatic heterocycles. The van der Waals surface area contributed by atoms with Gasteiger partial charge in [0.25, 0.3) is 0 Å². The molecule has 20 heavy (non-hydrogen) atoms. The summed E-state index contributed by atoms with van der Waals surface area (Å²) in [6.45, 7) is 6.06. The minimum Gasteiger partial charge on any atom is -0.378 e. The van der Waals surface area contributed by atoms with Crippen LogP contribution in [0.15, 0.2) is 0 Å². The van der Waals surface area contributed by atoms with Crippen LogP contribution in [0.2, 0.25) is 0 Å². The van der Waals surface area contributed by atoms with E-state index in [2.05, 4.69) is 5.32 Å². The molecule has 1 saturated carbocycles. The number of carbonyl (C=O) groups is 1. The number of alkyl halides is 3. The predicted octanol–water partition coefficient (Wildman–Crippen LogP) is 1.98. The van der Waals surface area contributed by atoms with Crippen molar-refractivity contribution in [3.8, 4) is 0 Å². The number of nitrogens with one attached hydrogen (secondary N) is 1. The highest BCUT2D eigenvalue weighted by Gasteiger charge is 2.62. The van der Waals surface area contributed by atoms with Gasteiger partial charge < -0.3 is 15.8 Å². The summed E-state index contributed by atoms with van der Waals surface area (Å²) in [4.78, 5) is 12.1. The second-order valence-electron chi connectivity index (χ2n) is 5.82. The van der Waals surface area contributed by atoms with E-state index in [9.17, 15) is 18.0 Å². The van der Waals surface area contributed by atoms with Crippen molar-refractivity contribution in [2.75, 3.05) is 13.2 Å². The Morgan fingerprint density at radius 2 is 2.05 bits per heavy atom. The largest absolute Gasteiger partial charge is 0.389 e. The van der Waals surface area contributed by atoms with Gasteiger partial charge in [-0.3, -0.25) is 4.79 Å². The van der Waals surface area contributed by atoms with Crippen LogP contribution >= 0.6 is 0 Å². The molecule has 7 heteroatoms. The monoisotopic (exact) mass is 296 g/mol. The van der Waals surface area contributed by atoms with Gasteiger partial charge in [0.15, 0.2) is 0 Å². The molecule has 0 saturated heterocycles. The minimum absolute atomic E-state index is 0.0212. The van der Waals surface area contributed by atoms with Crippen LogP contribution in [0, 0.1) is 5.41 Å². The Kier molecular flexibility index (Phi) is 5.08. The third-order valence-electron chi connectivity index (χ3n) is 4.16.